The van der Waals surface area contributed by atoms with Gasteiger partial charge in [0, 0.05) is 31.7 Å². The maximum Gasteiger partial charge on any atom is 0.250 e. The van der Waals surface area contributed by atoms with Crippen molar-refractivity contribution < 1.29 is 9.13 Å². The van der Waals surface area contributed by atoms with Crippen molar-refractivity contribution in [2.45, 2.75) is 45.1 Å². The Labute approximate surface area is 239 Å². The zero-order valence-electron chi connectivity index (χ0n) is 21.0. The fraction of sp³-hybridized carbons (Fsp3) is 0.407. The number of ether oxygens (including phenoxy) is 1. The summed E-state index contributed by atoms with van der Waals surface area (Å²) in [5.41, 5.74) is 4.33. The SMILES string of the molecule is Fc1ccccc1COc1c(Br)cc(/C=N\Nc2nc(N3CCCCC3)nc(N3CCCCC3)n2)cc1Br. The van der Waals surface area contributed by atoms with E-state index in [1.165, 1.54) is 18.9 Å². The molecule has 1 N–H and O–H groups in total. The molecule has 2 saturated heterocycles. The zero-order valence-corrected chi connectivity index (χ0v) is 24.2. The van der Waals surface area contributed by atoms with E-state index in [0.717, 1.165) is 66.4 Å². The van der Waals surface area contributed by atoms with Gasteiger partial charge in [0.2, 0.25) is 17.8 Å². The minimum absolute atomic E-state index is 0.122. The Morgan fingerprint density at radius 1 is 0.868 bits per heavy atom. The molecule has 0 atom stereocenters. The molecule has 3 heterocycles. The van der Waals surface area contributed by atoms with Gasteiger partial charge < -0.3 is 14.5 Å². The van der Waals surface area contributed by atoms with Crippen molar-refractivity contribution >= 4 is 55.9 Å². The van der Waals surface area contributed by atoms with Gasteiger partial charge in [-0.15, -0.1) is 0 Å². The van der Waals surface area contributed by atoms with Crippen LogP contribution in [0.2, 0.25) is 0 Å². The van der Waals surface area contributed by atoms with Crippen LogP contribution in [-0.2, 0) is 6.61 Å². The number of hydrazone groups is 1. The van der Waals surface area contributed by atoms with Crippen LogP contribution in [0.4, 0.5) is 22.2 Å². The van der Waals surface area contributed by atoms with Crippen molar-refractivity contribution in [3.05, 3.63) is 62.3 Å². The van der Waals surface area contributed by atoms with Gasteiger partial charge in [-0.1, -0.05) is 18.2 Å². The Hall–Kier alpha value is -2.79. The first-order valence-electron chi connectivity index (χ1n) is 13.0. The molecule has 5 rings (SSSR count). The number of halogens is 3. The van der Waals surface area contributed by atoms with E-state index >= 15 is 0 Å². The second-order valence-electron chi connectivity index (χ2n) is 9.42. The summed E-state index contributed by atoms with van der Waals surface area (Å²) < 4.78 is 21.3. The van der Waals surface area contributed by atoms with Crippen molar-refractivity contribution in [1.82, 2.24) is 15.0 Å². The summed E-state index contributed by atoms with van der Waals surface area (Å²) in [6, 6.07) is 10.4. The molecule has 0 aliphatic carbocycles. The van der Waals surface area contributed by atoms with Gasteiger partial charge in [0.1, 0.15) is 18.2 Å². The van der Waals surface area contributed by atoms with Crippen molar-refractivity contribution in [1.29, 1.82) is 0 Å². The van der Waals surface area contributed by atoms with Crippen LogP contribution in [0.15, 0.2) is 50.4 Å². The standard InChI is InChI=1S/C27H30Br2FN7O/c28-21-15-19(16-22(29)24(21)38-18-20-9-3-4-10-23(20)30)17-31-35-25-32-26(36-11-5-1-6-12-36)34-27(33-25)37-13-7-2-8-14-37/h3-4,9-10,15-17H,1-2,5-8,11-14,18H2,(H,32,33,34,35)/b31-17-. The number of hydrogen-bond acceptors (Lipinski definition) is 8. The number of hydrogen-bond donors (Lipinski definition) is 1. The fourth-order valence-corrected chi connectivity index (χ4v) is 6.05. The van der Waals surface area contributed by atoms with Crippen LogP contribution < -0.4 is 20.0 Å². The van der Waals surface area contributed by atoms with Crippen molar-refractivity contribution in [2.75, 3.05) is 41.4 Å². The number of benzene rings is 2. The number of aromatic nitrogens is 3. The number of nitrogens with zero attached hydrogens (tertiary/aromatic N) is 6. The predicted octanol–water partition coefficient (Wildman–Crippen LogP) is 6.54. The average molecular weight is 647 g/mol. The summed E-state index contributed by atoms with van der Waals surface area (Å²) >= 11 is 7.12. The van der Waals surface area contributed by atoms with Crippen LogP contribution in [0.5, 0.6) is 5.75 Å². The van der Waals surface area contributed by atoms with Crippen LogP contribution in [0.1, 0.15) is 49.7 Å². The lowest BCUT2D eigenvalue weighted by Crippen LogP contribution is -2.34. The summed E-state index contributed by atoms with van der Waals surface area (Å²) in [5.74, 6) is 2.15. The van der Waals surface area contributed by atoms with E-state index < -0.39 is 0 Å². The lowest BCUT2D eigenvalue weighted by Gasteiger charge is -2.30. The molecule has 0 radical (unpaired) electrons. The van der Waals surface area contributed by atoms with Crippen LogP contribution >= 0.6 is 31.9 Å². The summed E-state index contributed by atoms with van der Waals surface area (Å²) in [6.07, 6.45) is 8.78. The molecule has 0 bridgehead atoms. The van der Waals surface area contributed by atoms with Gasteiger partial charge in [0.25, 0.3) is 0 Å². The van der Waals surface area contributed by atoms with Crippen molar-refractivity contribution in [3.63, 3.8) is 0 Å². The van der Waals surface area contributed by atoms with Gasteiger partial charge >= 0.3 is 0 Å². The van der Waals surface area contributed by atoms with Gasteiger partial charge in [-0.05, 0) is 94.1 Å². The van der Waals surface area contributed by atoms with Gasteiger partial charge in [0.15, 0.2) is 0 Å². The van der Waals surface area contributed by atoms with E-state index in [1.54, 1.807) is 24.4 Å². The number of anilines is 3. The van der Waals surface area contributed by atoms with E-state index in [2.05, 4.69) is 62.2 Å². The van der Waals surface area contributed by atoms with Crippen molar-refractivity contribution in [2.24, 2.45) is 5.10 Å². The van der Waals surface area contributed by atoms with E-state index in [0.29, 0.717) is 29.2 Å². The van der Waals surface area contributed by atoms with Gasteiger partial charge in [-0.25, -0.2) is 9.82 Å². The minimum Gasteiger partial charge on any atom is -0.486 e. The topological polar surface area (TPSA) is 78.8 Å². The van der Waals surface area contributed by atoms with E-state index in [-0.39, 0.29) is 12.4 Å². The van der Waals surface area contributed by atoms with E-state index in [4.69, 9.17) is 9.72 Å². The van der Waals surface area contributed by atoms with Crippen LogP contribution in [-0.4, -0.2) is 47.3 Å². The molecule has 11 heteroatoms. The molecule has 3 aromatic rings. The Kier molecular flexibility index (Phi) is 9.06. The lowest BCUT2D eigenvalue weighted by atomic mass is 10.1. The third kappa shape index (κ3) is 6.79. The first-order chi connectivity index (χ1) is 18.6. The molecule has 1 aromatic heterocycles. The third-order valence-electron chi connectivity index (χ3n) is 6.62. The number of nitrogens with one attached hydrogen (secondary N) is 1. The number of piperidine rings is 2. The Balaban J connectivity index is 1.30. The van der Waals surface area contributed by atoms with Crippen LogP contribution in [0.25, 0.3) is 0 Å². The van der Waals surface area contributed by atoms with Gasteiger partial charge in [-0.2, -0.15) is 20.1 Å². The second kappa shape index (κ2) is 12.8. The third-order valence-corrected chi connectivity index (χ3v) is 7.80. The fourth-order valence-electron chi connectivity index (χ4n) is 4.60. The largest absolute Gasteiger partial charge is 0.486 e. The quantitative estimate of drug-likeness (QED) is 0.220. The Morgan fingerprint density at radius 2 is 1.45 bits per heavy atom. The van der Waals surface area contributed by atoms with E-state index in [1.807, 2.05) is 12.1 Å². The summed E-state index contributed by atoms with van der Waals surface area (Å²) in [7, 11) is 0. The van der Waals surface area contributed by atoms with Crippen molar-refractivity contribution in [3.8, 4) is 5.75 Å². The maximum atomic E-state index is 14.0. The summed E-state index contributed by atoms with van der Waals surface area (Å²) in [4.78, 5) is 18.6. The van der Waals surface area contributed by atoms with Crippen LogP contribution in [0.3, 0.4) is 0 Å². The first-order valence-corrected chi connectivity index (χ1v) is 14.6. The highest BCUT2D eigenvalue weighted by atomic mass is 79.9. The predicted molar refractivity (Wildman–Crippen MR) is 156 cm³/mol. The molecule has 0 spiro atoms. The zero-order chi connectivity index (χ0) is 26.3. The summed E-state index contributed by atoms with van der Waals surface area (Å²) in [5, 5.41) is 4.40. The monoisotopic (exact) mass is 645 g/mol. The van der Waals surface area contributed by atoms with Gasteiger partial charge in [-0.3, -0.25) is 0 Å². The molecular formula is C27H30Br2FN7O. The van der Waals surface area contributed by atoms with E-state index in [9.17, 15) is 4.39 Å². The molecular weight excluding hydrogens is 617 g/mol. The van der Waals surface area contributed by atoms with Gasteiger partial charge in [0.05, 0.1) is 15.2 Å². The second-order valence-corrected chi connectivity index (χ2v) is 11.1. The maximum absolute atomic E-state index is 14.0. The molecule has 2 fully saturated rings. The molecule has 0 amide bonds. The number of rotatable bonds is 8. The minimum atomic E-state index is -0.292. The smallest absolute Gasteiger partial charge is 0.250 e. The molecule has 8 nitrogen and oxygen atoms in total. The molecule has 2 aliphatic heterocycles. The molecule has 200 valence electrons. The summed E-state index contributed by atoms with van der Waals surface area (Å²) in [6.45, 7) is 3.95. The molecule has 2 aliphatic rings. The molecule has 38 heavy (non-hydrogen) atoms. The first kappa shape index (κ1) is 26.8. The normalized spacial score (nSPS) is 16.2. The molecule has 2 aromatic carbocycles. The highest BCUT2D eigenvalue weighted by Crippen LogP contribution is 2.35. The lowest BCUT2D eigenvalue weighted by molar-refractivity contribution is 0.296. The Bertz CT molecular complexity index is 1220. The average Bonchev–Trinajstić information content (AvgIpc) is 2.94. The molecule has 0 saturated carbocycles. The highest BCUT2D eigenvalue weighted by molar-refractivity contribution is 9.11. The highest BCUT2D eigenvalue weighted by Gasteiger charge is 2.20. The Morgan fingerprint density at radius 3 is 2.03 bits per heavy atom. The van der Waals surface area contributed by atoms with Crippen LogP contribution in [0, 0.1) is 5.82 Å². The molecule has 0 unspecified atom stereocenters.